The number of hydrogen-bond donors (Lipinski definition) is 1. The lowest BCUT2D eigenvalue weighted by Crippen LogP contribution is -2.40. The van der Waals surface area contributed by atoms with Gasteiger partial charge in [-0.15, -0.1) is 0 Å². The van der Waals surface area contributed by atoms with Crippen molar-refractivity contribution in [2.45, 2.75) is 24.4 Å². The summed E-state index contributed by atoms with van der Waals surface area (Å²) in [5.74, 6) is -3.46. The van der Waals surface area contributed by atoms with Gasteiger partial charge in [0.15, 0.2) is 14.6 Å². The molecule has 1 fully saturated rings. The van der Waals surface area contributed by atoms with Gasteiger partial charge in [-0.25, -0.2) is 0 Å². The van der Waals surface area contributed by atoms with Crippen LogP contribution in [0.2, 0.25) is 0 Å². The molecule has 0 spiro atoms. The van der Waals surface area contributed by atoms with Crippen LogP contribution in [0.4, 0.5) is 8.78 Å². The second kappa shape index (κ2) is 4.20. The van der Waals surface area contributed by atoms with Gasteiger partial charge in [0.25, 0.3) is 0 Å². The van der Waals surface area contributed by atoms with E-state index in [0.717, 1.165) is 0 Å². The highest BCUT2D eigenvalue weighted by Gasteiger charge is 2.59. The fourth-order valence-corrected chi connectivity index (χ4v) is 1.89. The summed E-state index contributed by atoms with van der Waals surface area (Å²) in [6.45, 7) is 0. The fourth-order valence-electron chi connectivity index (χ4n) is 1.11. The second-order valence-electron chi connectivity index (χ2n) is 2.57. The lowest BCUT2D eigenvalue weighted by molar-refractivity contribution is -0.194. The highest BCUT2D eigenvalue weighted by atomic mass is 31.1. The topological polar surface area (TPSA) is 55.8 Å². The third kappa shape index (κ3) is 2.03. The third-order valence-electron chi connectivity index (χ3n) is 1.75. The van der Waals surface area contributed by atoms with Crippen LogP contribution in [0.15, 0.2) is 0 Å². The largest absolute Gasteiger partial charge is 0.363 e. The molecule has 1 N–H and O–H groups in total. The van der Waals surface area contributed by atoms with Crippen molar-refractivity contribution in [3.63, 3.8) is 0 Å². The van der Waals surface area contributed by atoms with Crippen molar-refractivity contribution < 1.29 is 27.7 Å². The van der Waals surface area contributed by atoms with Crippen LogP contribution >= 0.6 is 17.9 Å². The Morgan fingerprint density at radius 3 is 2.77 bits per heavy atom. The van der Waals surface area contributed by atoms with Crippen molar-refractivity contribution in [2.75, 3.05) is 6.16 Å². The summed E-state index contributed by atoms with van der Waals surface area (Å²) in [7, 11) is 1.35. The highest BCUT2D eigenvalue weighted by molar-refractivity contribution is 7.23. The Kier molecular flexibility index (Phi) is 3.66. The van der Waals surface area contributed by atoms with Gasteiger partial charge in [0.2, 0.25) is 6.29 Å². The molecule has 0 radical (unpaired) electrons. The summed E-state index contributed by atoms with van der Waals surface area (Å²) >= 11 is 0. The predicted octanol–water partition coefficient (Wildman–Crippen LogP) is 0.806. The quantitative estimate of drug-likeness (QED) is 0.731. The van der Waals surface area contributed by atoms with Gasteiger partial charge in [-0.2, -0.15) is 8.78 Å². The lowest BCUT2D eigenvalue weighted by atomic mass is 10.1. The minimum Gasteiger partial charge on any atom is -0.363 e. The summed E-state index contributed by atoms with van der Waals surface area (Å²) in [5.41, 5.74) is 0. The van der Waals surface area contributed by atoms with Crippen LogP contribution in [-0.4, -0.2) is 35.7 Å². The van der Waals surface area contributed by atoms with E-state index in [0.29, 0.717) is 0 Å². The Hall–Kier alpha value is 0.270. The molecule has 8 heteroatoms. The number of aliphatic hydroxyl groups excluding tert-OH is 1. The Bertz CT molecular complexity index is 203. The lowest BCUT2D eigenvalue weighted by Gasteiger charge is -2.18. The average Bonchev–Trinajstić information content (AvgIpc) is 2.24. The monoisotopic (exact) mass is 232 g/mol. The van der Waals surface area contributed by atoms with Crippen molar-refractivity contribution in [3.05, 3.63) is 0 Å². The smallest absolute Gasteiger partial charge is 0.326 e. The summed E-state index contributed by atoms with van der Waals surface area (Å²) in [5, 5.41) is 8.79. The van der Waals surface area contributed by atoms with Crippen molar-refractivity contribution in [1.29, 1.82) is 0 Å². The van der Waals surface area contributed by atoms with Crippen LogP contribution in [0.5, 0.6) is 0 Å². The fraction of sp³-hybridized carbons (Fsp3) is 1.00. The molecule has 76 valence electrons. The molecule has 1 aliphatic rings. The van der Waals surface area contributed by atoms with Crippen molar-refractivity contribution in [3.8, 4) is 0 Å². The molecule has 0 amide bonds. The van der Waals surface area contributed by atoms with Gasteiger partial charge in [-0.1, -0.05) is 0 Å². The third-order valence-corrected chi connectivity index (χ3v) is 2.55. The SMILES string of the molecule is O=PC[C@H]1OC(O)C(F)(F)[C@@H]1OP. The minimum atomic E-state index is -3.46. The molecule has 0 aromatic carbocycles. The molecular weight excluding hydrogens is 224 g/mol. The molecule has 4 atom stereocenters. The number of rotatable bonds is 3. The summed E-state index contributed by atoms with van der Waals surface area (Å²) in [4.78, 5) is 0. The van der Waals surface area contributed by atoms with Crippen LogP contribution in [0.3, 0.4) is 0 Å². The Morgan fingerprint density at radius 1 is 1.69 bits per heavy atom. The number of ether oxygens (including phenoxy) is 1. The highest BCUT2D eigenvalue weighted by Crippen LogP contribution is 2.38. The van der Waals surface area contributed by atoms with E-state index in [1.807, 2.05) is 0 Å². The van der Waals surface area contributed by atoms with Gasteiger partial charge in [-0.3, -0.25) is 4.57 Å². The molecule has 1 saturated heterocycles. The molecule has 0 aromatic heterocycles. The Labute approximate surface area is 77.1 Å². The summed E-state index contributed by atoms with van der Waals surface area (Å²) < 4.78 is 45.0. The first-order valence-electron chi connectivity index (χ1n) is 3.40. The second-order valence-corrected chi connectivity index (χ2v) is 3.47. The molecular formula is C5H8F2O4P2. The molecule has 1 rings (SSSR count). The van der Waals surface area contributed by atoms with E-state index in [9.17, 15) is 13.3 Å². The molecule has 0 bridgehead atoms. The van der Waals surface area contributed by atoms with Crippen molar-refractivity contribution in [1.82, 2.24) is 0 Å². The number of halogens is 2. The maximum atomic E-state index is 13.0. The van der Waals surface area contributed by atoms with E-state index in [1.165, 1.54) is 0 Å². The molecule has 13 heavy (non-hydrogen) atoms. The van der Waals surface area contributed by atoms with Crippen LogP contribution in [0, 0.1) is 0 Å². The zero-order valence-electron chi connectivity index (χ0n) is 6.39. The predicted molar refractivity (Wildman–Crippen MR) is 42.9 cm³/mol. The first-order chi connectivity index (χ1) is 6.04. The van der Waals surface area contributed by atoms with E-state index in [2.05, 4.69) is 9.26 Å². The molecule has 1 heterocycles. The van der Waals surface area contributed by atoms with Gasteiger partial charge < -0.3 is 14.4 Å². The van der Waals surface area contributed by atoms with Crippen molar-refractivity contribution >= 4 is 17.9 Å². The molecule has 2 unspecified atom stereocenters. The first kappa shape index (κ1) is 11.3. The maximum absolute atomic E-state index is 13.0. The standard InChI is InChI=1S/C5H8F2O4P2/c6-5(7)3(11-12)2(1-13-9)10-4(5)8/h2-4,8H,1,12H2/t2-,3-,4?/m1/s1. The van der Waals surface area contributed by atoms with Crippen LogP contribution in [0.1, 0.15) is 0 Å². The van der Waals surface area contributed by atoms with E-state index in [1.54, 1.807) is 9.47 Å². The zero-order chi connectivity index (χ0) is 10.1. The average molecular weight is 232 g/mol. The molecule has 0 aliphatic carbocycles. The molecule has 0 aromatic rings. The van der Waals surface area contributed by atoms with Crippen LogP contribution in [-0.2, 0) is 13.8 Å². The van der Waals surface area contributed by atoms with E-state index < -0.39 is 24.4 Å². The van der Waals surface area contributed by atoms with Gasteiger partial charge in [-0.05, 0) is 0 Å². The van der Waals surface area contributed by atoms with Crippen LogP contribution in [0.25, 0.3) is 0 Å². The molecule has 0 saturated carbocycles. The number of aliphatic hydroxyl groups is 1. The van der Waals surface area contributed by atoms with Gasteiger partial charge >= 0.3 is 5.92 Å². The van der Waals surface area contributed by atoms with E-state index in [-0.39, 0.29) is 14.6 Å². The van der Waals surface area contributed by atoms with Crippen LogP contribution < -0.4 is 0 Å². The Balaban J connectivity index is 2.75. The minimum absolute atomic E-state index is 0.133. The number of hydrogen-bond acceptors (Lipinski definition) is 4. The van der Waals surface area contributed by atoms with Gasteiger partial charge in [0.05, 0.1) is 6.16 Å². The molecule has 4 nitrogen and oxygen atoms in total. The van der Waals surface area contributed by atoms with Crippen molar-refractivity contribution in [2.24, 2.45) is 0 Å². The van der Waals surface area contributed by atoms with Gasteiger partial charge in [0, 0.05) is 9.47 Å². The summed E-state index contributed by atoms with van der Waals surface area (Å²) in [6.07, 6.45) is -4.95. The summed E-state index contributed by atoms with van der Waals surface area (Å²) in [6, 6.07) is 0. The maximum Gasteiger partial charge on any atom is 0.326 e. The Morgan fingerprint density at radius 2 is 2.31 bits per heavy atom. The van der Waals surface area contributed by atoms with E-state index >= 15 is 0 Å². The normalized spacial score (nSPS) is 38.3. The zero-order valence-corrected chi connectivity index (χ0v) is 8.44. The molecule has 1 aliphatic heterocycles. The van der Waals surface area contributed by atoms with Gasteiger partial charge in [0.1, 0.15) is 6.10 Å². The number of alkyl halides is 2. The first-order valence-corrected chi connectivity index (χ1v) is 4.87. The van der Waals surface area contributed by atoms with E-state index in [4.69, 9.17) is 5.11 Å².